The maximum atomic E-state index is 4.97. The summed E-state index contributed by atoms with van der Waals surface area (Å²) in [6, 6.07) is 4.69. The Balaban J connectivity index is 1.78. The first kappa shape index (κ1) is 13.6. The molecule has 0 aromatic carbocycles. The van der Waals surface area contributed by atoms with Gasteiger partial charge in [-0.15, -0.1) is 0 Å². The van der Waals surface area contributed by atoms with Gasteiger partial charge in [-0.05, 0) is 43.8 Å². The predicted octanol–water partition coefficient (Wildman–Crippen LogP) is 2.92. The summed E-state index contributed by atoms with van der Waals surface area (Å²) >= 11 is 2.06. The fourth-order valence-electron chi connectivity index (χ4n) is 3.65. The number of hydrogen-bond acceptors (Lipinski definition) is 4. The Kier molecular flexibility index (Phi) is 3.63. The molecule has 0 aliphatic carbocycles. The van der Waals surface area contributed by atoms with Crippen molar-refractivity contribution >= 4 is 22.9 Å². The van der Waals surface area contributed by atoms with Crippen LogP contribution in [0.3, 0.4) is 0 Å². The van der Waals surface area contributed by atoms with E-state index in [4.69, 9.17) is 4.98 Å². The van der Waals surface area contributed by atoms with Crippen molar-refractivity contribution in [2.75, 3.05) is 31.1 Å². The highest BCUT2D eigenvalue weighted by Gasteiger charge is 2.31. The fraction of sp³-hybridized carbons (Fsp3) is 0.625. The van der Waals surface area contributed by atoms with Crippen molar-refractivity contribution in [1.29, 1.82) is 0 Å². The summed E-state index contributed by atoms with van der Waals surface area (Å²) in [4.78, 5) is 12.1. The summed E-state index contributed by atoms with van der Waals surface area (Å²) in [5, 5.41) is 0. The van der Waals surface area contributed by atoms with Crippen molar-refractivity contribution in [2.45, 2.75) is 31.7 Å². The van der Waals surface area contributed by atoms with Crippen LogP contribution < -0.4 is 0 Å². The highest BCUT2D eigenvalue weighted by molar-refractivity contribution is 7.99. The van der Waals surface area contributed by atoms with Crippen LogP contribution in [0.1, 0.15) is 37.5 Å². The van der Waals surface area contributed by atoms with E-state index in [2.05, 4.69) is 39.2 Å². The van der Waals surface area contributed by atoms with Crippen molar-refractivity contribution in [3.8, 4) is 0 Å². The van der Waals surface area contributed by atoms with Crippen molar-refractivity contribution in [3.05, 3.63) is 24.2 Å². The van der Waals surface area contributed by atoms with Crippen LogP contribution in [0.15, 0.2) is 18.3 Å². The molecule has 2 unspecified atom stereocenters. The number of likely N-dealkylation sites (tertiary alicyclic amines) is 1. The van der Waals surface area contributed by atoms with Gasteiger partial charge in [0.1, 0.15) is 11.3 Å². The number of rotatable bonds is 3. The summed E-state index contributed by atoms with van der Waals surface area (Å²) < 4.78 is 2.47. The van der Waals surface area contributed by atoms with Crippen molar-refractivity contribution in [2.24, 2.45) is 0 Å². The number of nitrogens with zero attached hydrogens (tertiary/aromatic N) is 4. The van der Waals surface area contributed by atoms with E-state index in [1.807, 2.05) is 12.3 Å². The SMILES string of the molecule is CCN1CCC(c2nc3cccnc3n2C2CCSC2)C1. The van der Waals surface area contributed by atoms with Gasteiger partial charge in [0.2, 0.25) is 0 Å². The van der Waals surface area contributed by atoms with Crippen molar-refractivity contribution in [3.63, 3.8) is 0 Å². The monoisotopic (exact) mass is 302 g/mol. The molecule has 2 aromatic rings. The Morgan fingerprint density at radius 2 is 2.33 bits per heavy atom. The van der Waals surface area contributed by atoms with Gasteiger partial charge in [-0.1, -0.05) is 6.92 Å². The van der Waals surface area contributed by atoms with Gasteiger partial charge < -0.3 is 9.47 Å². The summed E-state index contributed by atoms with van der Waals surface area (Å²) in [7, 11) is 0. The average Bonchev–Trinajstić information content (AvgIpc) is 3.24. The second-order valence-corrected chi connectivity index (χ2v) is 7.23. The first-order valence-corrected chi connectivity index (χ1v) is 9.15. The lowest BCUT2D eigenvalue weighted by Gasteiger charge is -2.19. The van der Waals surface area contributed by atoms with Gasteiger partial charge in [-0.25, -0.2) is 9.97 Å². The van der Waals surface area contributed by atoms with E-state index in [1.165, 1.54) is 36.7 Å². The lowest BCUT2D eigenvalue weighted by atomic mass is 10.1. The van der Waals surface area contributed by atoms with Gasteiger partial charge in [0.25, 0.3) is 0 Å². The van der Waals surface area contributed by atoms with E-state index in [1.54, 1.807) is 0 Å². The third kappa shape index (κ3) is 2.36. The Morgan fingerprint density at radius 1 is 1.38 bits per heavy atom. The van der Waals surface area contributed by atoms with Gasteiger partial charge in [0.15, 0.2) is 5.65 Å². The molecule has 0 radical (unpaired) electrons. The van der Waals surface area contributed by atoms with Crippen molar-refractivity contribution < 1.29 is 0 Å². The summed E-state index contributed by atoms with van der Waals surface area (Å²) in [6.07, 6.45) is 4.39. The minimum absolute atomic E-state index is 0.574. The molecular weight excluding hydrogens is 280 g/mol. The van der Waals surface area contributed by atoms with Gasteiger partial charge in [0, 0.05) is 30.5 Å². The second-order valence-electron chi connectivity index (χ2n) is 6.08. The third-order valence-corrected chi connectivity index (χ3v) is 5.98. The number of hydrogen-bond donors (Lipinski definition) is 0. The predicted molar refractivity (Wildman–Crippen MR) is 88.0 cm³/mol. The molecule has 112 valence electrons. The quantitative estimate of drug-likeness (QED) is 0.873. The number of thioether (sulfide) groups is 1. The zero-order valence-corrected chi connectivity index (χ0v) is 13.4. The van der Waals surface area contributed by atoms with Crippen LogP contribution in [0, 0.1) is 0 Å². The Bertz CT molecular complexity index is 632. The van der Waals surface area contributed by atoms with E-state index in [0.717, 1.165) is 24.3 Å². The molecule has 0 saturated carbocycles. The van der Waals surface area contributed by atoms with E-state index < -0.39 is 0 Å². The molecule has 2 aliphatic rings. The van der Waals surface area contributed by atoms with Gasteiger partial charge in [-0.2, -0.15) is 11.8 Å². The Hall–Kier alpha value is -1.07. The summed E-state index contributed by atoms with van der Waals surface area (Å²) in [5.41, 5.74) is 2.16. The molecule has 2 atom stereocenters. The fourth-order valence-corrected chi connectivity index (χ4v) is 4.84. The Morgan fingerprint density at radius 3 is 3.10 bits per heavy atom. The highest BCUT2D eigenvalue weighted by Crippen LogP contribution is 2.36. The third-order valence-electron chi connectivity index (χ3n) is 4.83. The average molecular weight is 302 g/mol. The normalized spacial score (nSPS) is 26.9. The van der Waals surface area contributed by atoms with Gasteiger partial charge >= 0.3 is 0 Å². The van der Waals surface area contributed by atoms with Crippen LogP contribution in [-0.2, 0) is 0 Å². The van der Waals surface area contributed by atoms with E-state index in [9.17, 15) is 0 Å². The standard InChI is InChI=1S/C16H22N4S/c1-2-19-8-5-12(10-19)15-18-14-4-3-7-17-16(14)20(15)13-6-9-21-11-13/h3-4,7,12-13H,2,5-6,8-11H2,1H3. The minimum Gasteiger partial charge on any atom is -0.308 e. The van der Waals surface area contributed by atoms with Crippen LogP contribution in [-0.4, -0.2) is 50.6 Å². The van der Waals surface area contributed by atoms with E-state index in [0.29, 0.717) is 12.0 Å². The zero-order valence-electron chi connectivity index (χ0n) is 12.5. The second kappa shape index (κ2) is 5.61. The topological polar surface area (TPSA) is 34.0 Å². The molecular formula is C16H22N4S. The molecule has 2 fully saturated rings. The Labute approximate surface area is 129 Å². The lowest BCUT2D eigenvalue weighted by molar-refractivity contribution is 0.350. The lowest BCUT2D eigenvalue weighted by Crippen LogP contribution is -2.21. The van der Waals surface area contributed by atoms with Crippen molar-refractivity contribution in [1.82, 2.24) is 19.4 Å². The molecule has 0 amide bonds. The van der Waals surface area contributed by atoms with Gasteiger partial charge in [-0.3, -0.25) is 0 Å². The van der Waals surface area contributed by atoms with Crippen LogP contribution in [0.25, 0.3) is 11.2 Å². The van der Waals surface area contributed by atoms with Crippen LogP contribution >= 0.6 is 11.8 Å². The number of likely N-dealkylation sites (N-methyl/N-ethyl adjacent to an activating group) is 1. The smallest absolute Gasteiger partial charge is 0.160 e. The molecule has 21 heavy (non-hydrogen) atoms. The molecule has 2 aliphatic heterocycles. The zero-order chi connectivity index (χ0) is 14.2. The number of aromatic nitrogens is 3. The maximum absolute atomic E-state index is 4.97. The van der Waals surface area contributed by atoms with E-state index >= 15 is 0 Å². The minimum atomic E-state index is 0.574. The van der Waals surface area contributed by atoms with E-state index in [-0.39, 0.29) is 0 Å². The number of fused-ring (bicyclic) bond motifs is 1. The van der Waals surface area contributed by atoms with Crippen LogP contribution in [0.4, 0.5) is 0 Å². The molecule has 0 spiro atoms. The summed E-state index contributed by atoms with van der Waals surface area (Å²) in [5.74, 6) is 4.33. The molecule has 2 saturated heterocycles. The molecule has 4 rings (SSSR count). The highest BCUT2D eigenvalue weighted by atomic mass is 32.2. The molecule has 4 heterocycles. The summed E-state index contributed by atoms with van der Waals surface area (Å²) in [6.45, 7) is 5.76. The molecule has 0 bridgehead atoms. The maximum Gasteiger partial charge on any atom is 0.160 e. The number of pyridine rings is 1. The molecule has 2 aromatic heterocycles. The van der Waals surface area contributed by atoms with Gasteiger partial charge in [0.05, 0.1) is 0 Å². The first-order valence-electron chi connectivity index (χ1n) is 7.99. The molecule has 5 heteroatoms. The molecule has 0 N–H and O–H groups in total. The molecule has 4 nitrogen and oxygen atoms in total. The van der Waals surface area contributed by atoms with Crippen LogP contribution in [0.5, 0.6) is 0 Å². The number of imidazole rings is 1. The largest absolute Gasteiger partial charge is 0.308 e. The van der Waals surface area contributed by atoms with Crippen LogP contribution in [0.2, 0.25) is 0 Å². The first-order chi connectivity index (χ1) is 10.4.